The van der Waals surface area contributed by atoms with Crippen LogP contribution in [0.4, 0.5) is 0 Å². The van der Waals surface area contributed by atoms with E-state index in [4.69, 9.17) is 0 Å². The van der Waals surface area contributed by atoms with Gasteiger partial charge in [0, 0.05) is 18.7 Å². The molecule has 1 heterocycles. The smallest absolute Gasteiger partial charge is 0.271 e. The highest BCUT2D eigenvalue weighted by molar-refractivity contribution is 5.92. The molecule has 0 unspecified atom stereocenters. The number of nitrogens with zero attached hydrogens (tertiary/aromatic N) is 2. The third kappa shape index (κ3) is 4.59. The number of carbonyl (C=O) groups excluding carboxylic acids is 1. The second-order valence-electron chi connectivity index (χ2n) is 7.07. The number of benzene rings is 1. The number of amides is 1. The highest BCUT2D eigenvalue weighted by atomic mass is 16.2. The van der Waals surface area contributed by atoms with E-state index in [1.54, 1.807) is 0 Å². The first-order chi connectivity index (χ1) is 12.7. The highest BCUT2D eigenvalue weighted by Crippen LogP contribution is 2.32. The van der Waals surface area contributed by atoms with E-state index in [0.29, 0.717) is 18.2 Å². The number of hydrogen-bond donors (Lipinski definition) is 1. The van der Waals surface area contributed by atoms with Crippen molar-refractivity contribution in [2.75, 3.05) is 0 Å². The van der Waals surface area contributed by atoms with Crippen molar-refractivity contribution in [2.45, 2.75) is 64.0 Å². The molecular formula is C21H27N3O2. The molecule has 1 aromatic carbocycles. The van der Waals surface area contributed by atoms with Crippen LogP contribution < -0.4 is 10.9 Å². The topological polar surface area (TPSA) is 64.0 Å². The Morgan fingerprint density at radius 3 is 2.54 bits per heavy atom. The minimum absolute atomic E-state index is 0.154. The van der Waals surface area contributed by atoms with E-state index in [1.807, 2.05) is 6.07 Å². The summed E-state index contributed by atoms with van der Waals surface area (Å²) in [6.07, 6.45) is 5.97. The SMILES string of the molecule is CCCCn1nc(C(=O)NC2CCC(c3ccccc3)CC2)ccc1=O. The summed E-state index contributed by atoms with van der Waals surface area (Å²) >= 11 is 0. The van der Waals surface area contributed by atoms with E-state index in [-0.39, 0.29) is 17.5 Å². The van der Waals surface area contributed by atoms with Crippen molar-refractivity contribution in [3.8, 4) is 0 Å². The molecule has 138 valence electrons. The lowest BCUT2D eigenvalue weighted by Gasteiger charge is -2.29. The quantitative estimate of drug-likeness (QED) is 0.864. The number of hydrogen-bond acceptors (Lipinski definition) is 3. The maximum atomic E-state index is 12.5. The van der Waals surface area contributed by atoms with Crippen molar-refractivity contribution in [1.29, 1.82) is 0 Å². The average Bonchev–Trinajstić information content (AvgIpc) is 2.68. The summed E-state index contributed by atoms with van der Waals surface area (Å²) in [6.45, 7) is 2.62. The monoisotopic (exact) mass is 353 g/mol. The van der Waals surface area contributed by atoms with Crippen molar-refractivity contribution in [1.82, 2.24) is 15.1 Å². The molecule has 0 spiro atoms. The van der Waals surface area contributed by atoms with Gasteiger partial charge in [0.25, 0.3) is 11.5 Å². The van der Waals surface area contributed by atoms with Gasteiger partial charge < -0.3 is 5.32 Å². The molecule has 0 atom stereocenters. The molecular weight excluding hydrogens is 326 g/mol. The predicted octanol–water partition coefficient (Wildman–Crippen LogP) is 3.50. The van der Waals surface area contributed by atoms with Gasteiger partial charge in [0.15, 0.2) is 0 Å². The number of carbonyl (C=O) groups is 1. The first-order valence-corrected chi connectivity index (χ1v) is 9.61. The molecule has 26 heavy (non-hydrogen) atoms. The molecule has 3 rings (SSSR count). The highest BCUT2D eigenvalue weighted by Gasteiger charge is 2.24. The lowest BCUT2D eigenvalue weighted by Crippen LogP contribution is -2.38. The summed E-state index contributed by atoms with van der Waals surface area (Å²) in [7, 11) is 0. The second kappa shape index (κ2) is 8.79. The Hall–Kier alpha value is -2.43. The van der Waals surface area contributed by atoms with Crippen LogP contribution in [0, 0.1) is 0 Å². The van der Waals surface area contributed by atoms with Gasteiger partial charge in [-0.25, -0.2) is 4.68 Å². The molecule has 1 N–H and O–H groups in total. The van der Waals surface area contributed by atoms with Gasteiger partial charge in [-0.05, 0) is 49.7 Å². The van der Waals surface area contributed by atoms with E-state index in [1.165, 1.54) is 22.4 Å². The van der Waals surface area contributed by atoms with Gasteiger partial charge in [-0.2, -0.15) is 5.10 Å². The fourth-order valence-corrected chi connectivity index (χ4v) is 3.59. The van der Waals surface area contributed by atoms with Gasteiger partial charge in [0.2, 0.25) is 0 Å². The largest absolute Gasteiger partial charge is 0.348 e. The third-order valence-corrected chi connectivity index (χ3v) is 5.16. The Bertz CT molecular complexity index is 777. The van der Waals surface area contributed by atoms with Crippen LogP contribution in [0.5, 0.6) is 0 Å². The van der Waals surface area contributed by atoms with Gasteiger partial charge in [-0.15, -0.1) is 0 Å². The Balaban J connectivity index is 1.57. The van der Waals surface area contributed by atoms with Gasteiger partial charge in [-0.1, -0.05) is 43.7 Å². The van der Waals surface area contributed by atoms with E-state index < -0.39 is 0 Å². The molecule has 0 saturated heterocycles. The van der Waals surface area contributed by atoms with Gasteiger partial charge in [0.1, 0.15) is 5.69 Å². The maximum Gasteiger partial charge on any atom is 0.271 e. The van der Waals surface area contributed by atoms with Crippen LogP contribution in [0.25, 0.3) is 0 Å². The number of rotatable bonds is 6. The fraction of sp³-hybridized carbons (Fsp3) is 0.476. The van der Waals surface area contributed by atoms with E-state index >= 15 is 0 Å². The molecule has 5 nitrogen and oxygen atoms in total. The summed E-state index contributed by atoms with van der Waals surface area (Å²) in [5, 5.41) is 7.32. The van der Waals surface area contributed by atoms with Crippen molar-refractivity contribution >= 4 is 5.91 Å². The van der Waals surface area contributed by atoms with Crippen LogP contribution in [-0.2, 0) is 6.54 Å². The summed E-state index contributed by atoms with van der Waals surface area (Å²) in [6, 6.07) is 13.7. The van der Waals surface area contributed by atoms with Crippen LogP contribution in [0.2, 0.25) is 0 Å². The summed E-state index contributed by atoms with van der Waals surface area (Å²) in [4.78, 5) is 24.3. The molecule has 1 fully saturated rings. The van der Waals surface area contributed by atoms with Crippen molar-refractivity contribution < 1.29 is 4.79 Å². The molecule has 1 saturated carbocycles. The molecule has 5 heteroatoms. The summed E-state index contributed by atoms with van der Waals surface area (Å²) in [5.74, 6) is 0.400. The van der Waals surface area contributed by atoms with E-state index in [2.05, 4.69) is 41.6 Å². The average molecular weight is 353 g/mol. The number of unbranched alkanes of at least 4 members (excludes halogenated alkanes) is 1. The summed E-state index contributed by atoms with van der Waals surface area (Å²) in [5.41, 5.74) is 1.56. The molecule has 2 aromatic rings. The van der Waals surface area contributed by atoms with Gasteiger partial charge >= 0.3 is 0 Å². The zero-order chi connectivity index (χ0) is 18.4. The Morgan fingerprint density at radius 1 is 1.12 bits per heavy atom. The molecule has 0 bridgehead atoms. The van der Waals surface area contributed by atoms with Crippen LogP contribution in [0.1, 0.15) is 67.4 Å². The zero-order valence-corrected chi connectivity index (χ0v) is 15.4. The fourth-order valence-electron chi connectivity index (χ4n) is 3.59. The lowest BCUT2D eigenvalue weighted by atomic mass is 9.82. The number of aryl methyl sites for hydroxylation is 1. The van der Waals surface area contributed by atoms with Crippen molar-refractivity contribution in [3.63, 3.8) is 0 Å². The van der Waals surface area contributed by atoms with E-state index in [0.717, 1.165) is 38.5 Å². The molecule has 0 radical (unpaired) electrons. The minimum Gasteiger partial charge on any atom is -0.348 e. The zero-order valence-electron chi connectivity index (χ0n) is 15.4. The molecule has 1 aliphatic carbocycles. The van der Waals surface area contributed by atoms with Crippen molar-refractivity contribution in [2.24, 2.45) is 0 Å². The normalized spacial score (nSPS) is 19.9. The first kappa shape index (κ1) is 18.4. The second-order valence-corrected chi connectivity index (χ2v) is 7.07. The number of aromatic nitrogens is 2. The Labute approximate surface area is 154 Å². The van der Waals surface area contributed by atoms with Gasteiger partial charge in [-0.3, -0.25) is 9.59 Å². The molecule has 0 aliphatic heterocycles. The first-order valence-electron chi connectivity index (χ1n) is 9.61. The van der Waals surface area contributed by atoms with Crippen LogP contribution in [0.3, 0.4) is 0 Å². The maximum absolute atomic E-state index is 12.5. The number of nitrogens with one attached hydrogen (secondary N) is 1. The minimum atomic E-state index is -0.182. The molecule has 1 amide bonds. The molecule has 1 aliphatic rings. The van der Waals surface area contributed by atoms with Crippen molar-refractivity contribution in [3.05, 3.63) is 64.1 Å². The predicted molar refractivity (Wildman–Crippen MR) is 102 cm³/mol. The van der Waals surface area contributed by atoms with E-state index in [9.17, 15) is 9.59 Å². The Kier molecular flexibility index (Phi) is 6.21. The summed E-state index contributed by atoms with van der Waals surface area (Å²) < 4.78 is 1.39. The Morgan fingerprint density at radius 2 is 1.85 bits per heavy atom. The molecule has 1 aromatic heterocycles. The van der Waals surface area contributed by atoms with Crippen LogP contribution in [-0.4, -0.2) is 21.7 Å². The van der Waals surface area contributed by atoms with Crippen LogP contribution >= 0.6 is 0 Å². The third-order valence-electron chi connectivity index (χ3n) is 5.16. The lowest BCUT2D eigenvalue weighted by molar-refractivity contribution is 0.0918. The van der Waals surface area contributed by atoms with Crippen LogP contribution in [0.15, 0.2) is 47.3 Å². The standard InChI is InChI=1S/C21H27N3O2/c1-2-3-15-24-20(25)14-13-19(23-24)21(26)22-18-11-9-17(10-12-18)16-7-5-4-6-8-16/h4-8,13-14,17-18H,2-3,9-12,15H2,1H3,(H,22,26). The van der Waals surface area contributed by atoms with Gasteiger partial charge in [0.05, 0.1) is 0 Å².